The van der Waals surface area contributed by atoms with Crippen LogP contribution in [0.2, 0.25) is 0 Å². The van der Waals surface area contributed by atoms with Gasteiger partial charge in [-0.05, 0) is 24.3 Å². The highest BCUT2D eigenvalue weighted by Crippen LogP contribution is 2.08. The number of benzene rings is 1. The predicted octanol–water partition coefficient (Wildman–Crippen LogP) is 1.07. The van der Waals surface area contributed by atoms with Gasteiger partial charge in [0.25, 0.3) is 0 Å². The Kier molecular flexibility index (Phi) is 2.20. The Balaban J connectivity index is 3.20. The van der Waals surface area contributed by atoms with E-state index in [-0.39, 0.29) is 0 Å². The van der Waals surface area contributed by atoms with Gasteiger partial charge in [-0.15, -0.1) is 6.42 Å². The second-order valence-corrected chi connectivity index (χ2v) is 4.46. The van der Waals surface area contributed by atoms with Crippen molar-refractivity contribution in [3.8, 4) is 12.3 Å². The molecule has 3 heteroatoms. The predicted molar refractivity (Wildman–Crippen MR) is 47.5 cm³/mol. The smallest absolute Gasteiger partial charge is 0.175 e. The molecule has 1 aromatic carbocycles. The van der Waals surface area contributed by atoms with Gasteiger partial charge in [-0.2, -0.15) is 0 Å². The van der Waals surface area contributed by atoms with Gasteiger partial charge in [0.15, 0.2) is 9.84 Å². The first-order valence-corrected chi connectivity index (χ1v) is 5.20. The molecule has 0 unspecified atom stereocenters. The van der Waals surface area contributed by atoms with Gasteiger partial charge in [-0.3, -0.25) is 0 Å². The van der Waals surface area contributed by atoms with E-state index in [0.29, 0.717) is 10.5 Å². The fraction of sp³-hybridized carbons (Fsp3) is 0.111. The largest absolute Gasteiger partial charge is 0.224 e. The molecule has 0 bridgehead atoms. The minimum absolute atomic E-state index is 0.293. The Morgan fingerprint density at radius 2 is 1.75 bits per heavy atom. The summed E-state index contributed by atoms with van der Waals surface area (Å²) in [7, 11) is -3.10. The van der Waals surface area contributed by atoms with Crippen molar-refractivity contribution in [1.82, 2.24) is 0 Å². The maximum absolute atomic E-state index is 11.0. The van der Waals surface area contributed by atoms with E-state index in [9.17, 15) is 8.42 Å². The van der Waals surface area contributed by atoms with E-state index in [1.807, 2.05) is 0 Å². The van der Waals surface area contributed by atoms with Crippen molar-refractivity contribution < 1.29 is 8.42 Å². The van der Waals surface area contributed by atoms with Gasteiger partial charge in [0.2, 0.25) is 0 Å². The topological polar surface area (TPSA) is 34.1 Å². The molecule has 0 fully saturated rings. The zero-order valence-electron chi connectivity index (χ0n) is 6.61. The van der Waals surface area contributed by atoms with Gasteiger partial charge in [0, 0.05) is 11.8 Å². The number of sulfone groups is 1. The van der Waals surface area contributed by atoms with Crippen molar-refractivity contribution in [3.05, 3.63) is 29.8 Å². The number of hydrogen-bond donors (Lipinski definition) is 0. The lowest BCUT2D eigenvalue weighted by molar-refractivity contribution is 0.602. The molecular formula is C9H8O2S. The molecular weight excluding hydrogens is 172 g/mol. The Morgan fingerprint density at radius 1 is 1.25 bits per heavy atom. The molecule has 1 rings (SSSR count). The van der Waals surface area contributed by atoms with Crippen LogP contribution >= 0.6 is 0 Å². The average Bonchev–Trinajstić information content (AvgIpc) is 2.03. The standard InChI is InChI=1S/C9H8O2S/c1-3-8-4-6-9(7-5-8)12(2,10)11/h1,4-7H,2H3. The van der Waals surface area contributed by atoms with E-state index in [1.165, 1.54) is 12.1 Å². The molecule has 0 amide bonds. The van der Waals surface area contributed by atoms with E-state index in [4.69, 9.17) is 6.42 Å². The lowest BCUT2D eigenvalue weighted by Gasteiger charge is -1.96. The third-order valence-corrected chi connectivity index (χ3v) is 2.58. The van der Waals surface area contributed by atoms with Crippen molar-refractivity contribution in [2.24, 2.45) is 0 Å². The van der Waals surface area contributed by atoms with Crippen LogP contribution in [0.25, 0.3) is 0 Å². The van der Waals surface area contributed by atoms with Gasteiger partial charge in [-0.25, -0.2) is 8.42 Å². The molecule has 0 aliphatic carbocycles. The summed E-state index contributed by atoms with van der Waals surface area (Å²) in [6.45, 7) is 0. The number of terminal acetylenes is 1. The maximum atomic E-state index is 11.0. The summed E-state index contributed by atoms with van der Waals surface area (Å²) < 4.78 is 22.0. The summed E-state index contributed by atoms with van der Waals surface area (Å²) in [6, 6.07) is 6.22. The van der Waals surface area contributed by atoms with Crippen molar-refractivity contribution >= 4 is 9.84 Å². The average molecular weight is 180 g/mol. The second-order valence-electron chi connectivity index (χ2n) is 2.44. The van der Waals surface area contributed by atoms with Gasteiger partial charge in [-0.1, -0.05) is 5.92 Å². The highest BCUT2D eigenvalue weighted by molar-refractivity contribution is 7.90. The van der Waals surface area contributed by atoms with Crippen LogP contribution in [0.4, 0.5) is 0 Å². The lowest BCUT2D eigenvalue weighted by atomic mass is 10.2. The SMILES string of the molecule is C#Cc1ccc(S(C)(=O)=O)cc1. The van der Waals surface area contributed by atoms with Gasteiger partial charge in [0.05, 0.1) is 4.90 Å². The first kappa shape index (κ1) is 8.82. The Labute approximate surface area is 72.2 Å². The molecule has 62 valence electrons. The molecule has 0 atom stereocenters. The molecule has 12 heavy (non-hydrogen) atoms. The quantitative estimate of drug-likeness (QED) is 0.606. The number of rotatable bonds is 1. The minimum Gasteiger partial charge on any atom is -0.224 e. The first-order chi connectivity index (χ1) is 5.54. The van der Waals surface area contributed by atoms with Crippen LogP contribution in [0.3, 0.4) is 0 Å². The monoisotopic (exact) mass is 180 g/mol. The molecule has 0 aromatic heterocycles. The van der Waals surface area contributed by atoms with Gasteiger partial charge >= 0.3 is 0 Å². The van der Waals surface area contributed by atoms with E-state index in [1.54, 1.807) is 12.1 Å². The second kappa shape index (κ2) is 3.00. The third kappa shape index (κ3) is 1.86. The normalized spacial score (nSPS) is 10.7. The van der Waals surface area contributed by atoms with Gasteiger partial charge < -0.3 is 0 Å². The summed E-state index contributed by atoms with van der Waals surface area (Å²) >= 11 is 0. The molecule has 0 radical (unpaired) electrons. The van der Waals surface area contributed by atoms with Gasteiger partial charge in [0.1, 0.15) is 0 Å². The highest BCUT2D eigenvalue weighted by atomic mass is 32.2. The summed E-state index contributed by atoms with van der Waals surface area (Å²) in [5, 5.41) is 0. The fourth-order valence-electron chi connectivity index (χ4n) is 0.798. The molecule has 0 aliphatic rings. The highest BCUT2D eigenvalue weighted by Gasteiger charge is 2.04. The van der Waals surface area contributed by atoms with E-state index in [0.717, 1.165) is 6.26 Å². The molecule has 0 saturated carbocycles. The first-order valence-electron chi connectivity index (χ1n) is 3.31. The molecule has 0 N–H and O–H groups in total. The summed E-state index contributed by atoms with van der Waals surface area (Å²) in [5.41, 5.74) is 0.683. The molecule has 0 heterocycles. The molecule has 0 saturated heterocycles. The van der Waals surface area contributed by atoms with Crippen molar-refractivity contribution in [1.29, 1.82) is 0 Å². The van der Waals surface area contributed by atoms with Crippen molar-refractivity contribution in [2.75, 3.05) is 6.26 Å². The Morgan fingerprint density at radius 3 is 2.08 bits per heavy atom. The molecule has 2 nitrogen and oxygen atoms in total. The third-order valence-electron chi connectivity index (χ3n) is 1.45. The van der Waals surface area contributed by atoms with Crippen LogP contribution in [0.5, 0.6) is 0 Å². The fourth-order valence-corrected chi connectivity index (χ4v) is 1.43. The van der Waals surface area contributed by atoms with Crippen LogP contribution in [-0.2, 0) is 9.84 Å². The summed E-state index contributed by atoms with van der Waals surface area (Å²) in [4.78, 5) is 0.293. The lowest BCUT2D eigenvalue weighted by Crippen LogP contribution is -1.96. The van der Waals surface area contributed by atoms with Crippen molar-refractivity contribution in [2.45, 2.75) is 4.90 Å². The van der Waals surface area contributed by atoms with Crippen LogP contribution in [-0.4, -0.2) is 14.7 Å². The van der Waals surface area contributed by atoms with E-state index in [2.05, 4.69) is 5.92 Å². The maximum Gasteiger partial charge on any atom is 0.175 e. The Bertz CT molecular complexity index is 407. The molecule has 0 aliphatic heterocycles. The van der Waals surface area contributed by atoms with Crippen molar-refractivity contribution in [3.63, 3.8) is 0 Å². The minimum atomic E-state index is -3.10. The van der Waals surface area contributed by atoms with Crippen LogP contribution in [0, 0.1) is 12.3 Å². The van der Waals surface area contributed by atoms with Crippen LogP contribution < -0.4 is 0 Å². The van der Waals surface area contributed by atoms with Crippen LogP contribution in [0.1, 0.15) is 5.56 Å². The Hall–Kier alpha value is -1.27. The summed E-state index contributed by atoms with van der Waals surface area (Å²) in [5.74, 6) is 2.41. The number of hydrogen-bond acceptors (Lipinski definition) is 2. The molecule has 0 spiro atoms. The zero-order valence-corrected chi connectivity index (χ0v) is 7.43. The zero-order chi connectivity index (χ0) is 9.19. The summed E-state index contributed by atoms with van der Waals surface area (Å²) in [6.07, 6.45) is 6.27. The van der Waals surface area contributed by atoms with E-state index < -0.39 is 9.84 Å². The van der Waals surface area contributed by atoms with E-state index >= 15 is 0 Å². The molecule has 1 aromatic rings. The van der Waals surface area contributed by atoms with Crippen LogP contribution in [0.15, 0.2) is 29.2 Å².